The number of ether oxygens (including phenoxy) is 7. The average Bonchev–Trinajstić information content (AvgIpc) is 3.28. The fourth-order valence-corrected chi connectivity index (χ4v) is 6.17. The van der Waals surface area contributed by atoms with Crippen LogP contribution in [0.1, 0.15) is 59.8 Å². The van der Waals surface area contributed by atoms with Gasteiger partial charge in [-0.1, -0.05) is 0 Å². The van der Waals surface area contributed by atoms with E-state index >= 15 is 0 Å². The summed E-state index contributed by atoms with van der Waals surface area (Å²) in [7, 11) is 4.29. The highest BCUT2D eigenvalue weighted by Gasteiger charge is 2.51. The number of phosphoric acid groups is 1. The minimum atomic E-state index is -4.32. The lowest BCUT2D eigenvalue weighted by Gasteiger charge is -2.44. The molecule has 18 nitrogen and oxygen atoms in total. The van der Waals surface area contributed by atoms with Gasteiger partial charge < -0.3 is 48.7 Å². The molecule has 2 unspecified atom stereocenters. The Morgan fingerprint density at radius 3 is 2.10 bits per heavy atom. The quantitative estimate of drug-likeness (QED) is 0.0494. The number of phosphoric ester groups is 1. The third-order valence-electron chi connectivity index (χ3n) is 7.55. The molecule has 0 bridgehead atoms. The maximum absolute atomic E-state index is 12.5. The van der Waals surface area contributed by atoms with Gasteiger partial charge in [-0.3, -0.25) is 33.0 Å². The SMILES string of the molecule is [B][C@@H]1O[C@H](COC)[C@H](OP(=O)(O)OC)C1CCCNC(=O)CCCCO[C@@H]1O[C@H](COC(C)=O)[C@H](OC(C)=O)[C@H](OC(C)=O)[C@H]1NC(C)=O. The van der Waals surface area contributed by atoms with Crippen LogP contribution in [-0.2, 0) is 70.7 Å². The van der Waals surface area contributed by atoms with Crippen LogP contribution >= 0.6 is 7.82 Å². The summed E-state index contributed by atoms with van der Waals surface area (Å²) in [6, 6.07) is -1.86. The van der Waals surface area contributed by atoms with Gasteiger partial charge in [0.2, 0.25) is 11.8 Å². The van der Waals surface area contributed by atoms with Crippen LogP contribution in [0.25, 0.3) is 0 Å². The maximum Gasteiger partial charge on any atom is 0.472 e. The predicted octanol–water partition coefficient (Wildman–Crippen LogP) is 0.0138. The third-order valence-corrected chi connectivity index (χ3v) is 8.52. The zero-order valence-corrected chi connectivity index (χ0v) is 29.6. The Morgan fingerprint density at radius 2 is 1.51 bits per heavy atom. The van der Waals surface area contributed by atoms with Crippen LogP contribution in [0.3, 0.4) is 0 Å². The normalized spacial score (nSPS) is 29.3. The number of rotatable bonds is 20. The summed E-state index contributed by atoms with van der Waals surface area (Å²) in [6.45, 7) is 4.82. The Balaban J connectivity index is 1.90. The summed E-state index contributed by atoms with van der Waals surface area (Å²) in [5.74, 6) is -3.24. The number of unbranched alkanes of at least 4 members (excludes halogenated alkanes) is 1. The first-order valence-electron chi connectivity index (χ1n) is 15.8. The van der Waals surface area contributed by atoms with Gasteiger partial charge in [0.1, 0.15) is 38.8 Å². The summed E-state index contributed by atoms with van der Waals surface area (Å²) in [5, 5.41) is 5.44. The third kappa shape index (κ3) is 14.6. The summed E-state index contributed by atoms with van der Waals surface area (Å²) >= 11 is 0. The van der Waals surface area contributed by atoms with Crippen LogP contribution in [-0.4, -0.2) is 132 Å². The van der Waals surface area contributed by atoms with E-state index < -0.39 is 86.4 Å². The summed E-state index contributed by atoms with van der Waals surface area (Å²) in [6.07, 6.45) is -4.39. The van der Waals surface area contributed by atoms with E-state index in [2.05, 4.69) is 15.2 Å². The van der Waals surface area contributed by atoms with Gasteiger partial charge in [-0.25, -0.2) is 4.57 Å². The van der Waals surface area contributed by atoms with E-state index in [1.807, 2.05) is 0 Å². The van der Waals surface area contributed by atoms with Crippen LogP contribution < -0.4 is 10.6 Å². The number of nitrogens with one attached hydrogen (secondary N) is 2. The van der Waals surface area contributed by atoms with Crippen molar-refractivity contribution in [1.29, 1.82) is 0 Å². The summed E-state index contributed by atoms with van der Waals surface area (Å²) < 4.78 is 60.4. The number of carbonyl (C=O) groups excluding carboxylic acids is 5. The lowest BCUT2D eigenvalue weighted by molar-refractivity contribution is -0.277. The molecule has 10 atom stereocenters. The Bertz CT molecular complexity index is 1160. The number of esters is 3. The molecule has 3 N–H and O–H groups in total. The molecule has 49 heavy (non-hydrogen) atoms. The average molecular weight is 722 g/mol. The van der Waals surface area contributed by atoms with Crippen LogP contribution in [0, 0.1) is 5.92 Å². The fraction of sp³-hybridized carbons (Fsp3) is 0.828. The number of hydrogen-bond donors (Lipinski definition) is 3. The van der Waals surface area contributed by atoms with Crippen molar-refractivity contribution in [3.05, 3.63) is 0 Å². The van der Waals surface area contributed by atoms with Crippen molar-refractivity contribution in [3.63, 3.8) is 0 Å². The second-order valence-electron chi connectivity index (χ2n) is 11.5. The van der Waals surface area contributed by atoms with E-state index in [4.69, 9.17) is 45.5 Å². The van der Waals surface area contributed by atoms with Crippen molar-refractivity contribution in [2.24, 2.45) is 5.92 Å². The van der Waals surface area contributed by atoms with Crippen molar-refractivity contribution < 1.29 is 75.6 Å². The smallest absolute Gasteiger partial charge is 0.463 e. The standard InChI is InChI=1S/C29H48BN2O16P/c1-16(33)32-24-27(45-19(4)36)26(44-18(3)35)22(15-43-17(2)34)47-29(24)42-13-8-7-11-23(37)31-12-9-10-20-25(48-49(38,39)41-6)21(14-40-5)46-28(20)30/h20-22,24-29H,7-15H2,1-6H3,(H,31,37)(H,32,33)(H,38,39)/t20?,21-,22-,24-,25-,26+,27-,28-,29-/m1/s1. The highest BCUT2D eigenvalue weighted by atomic mass is 31.2. The molecule has 0 saturated carbocycles. The zero-order chi connectivity index (χ0) is 36.7. The maximum atomic E-state index is 12.5. The molecule has 0 aromatic heterocycles. The summed E-state index contributed by atoms with van der Waals surface area (Å²) in [4.78, 5) is 69.7. The van der Waals surface area contributed by atoms with Crippen LogP contribution in [0.2, 0.25) is 0 Å². The first-order valence-corrected chi connectivity index (χ1v) is 17.3. The first kappa shape index (κ1) is 42.5. The number of hydrogen-bond acceptors (Lipinski definition) is 15. The Morgan fingerprint density at radius 1 is 0.857 bits per heavy atom. The van der Waals surface area contributed by atoms with E-state index in [1.54, 1.807) is 0 Å². The highest BCUT2D eigenvalue weighted by molar-refractivity contribution is 7.47. The van der Waals surface area contributed by atoms with Crippen LogP contribution in [0.5, 0.6) is 0 Å². The fourth-order valence-electron chi connectivity index (χ4n) is 5.49. The topological polar surface area (TPSA) is 230 Å². The van der Waals surface area contributed by atoms with Gasteiger partial charge >= 0.3 is 25.7 Å². The lowest BCUT2D eigenvalue weighted by atomic mass is 9.82. The van der Waals surface area contributed by atoms with E-state index in [9.17, 15) is 33.4 Å². The second kappa shape index (κ2) is 20.9. The molecule has 0 spiro atoms. The lowest BCUT2D eigenvalue weighted by Crippen LogP contribution is -2.66. The molecule has 2 aliphatic rings. The van der Waals surface area contributed by atoms with Gasteiger partial charge in [0, 0.05) is 73.4 Å². The van der Waals surface area contributed by atoms with E-state index in [0.29, 0.717) is 32.2 Å². The molecule has 2 rings (SSSR count). The summed E-state index contributed by atoms with van der Waals surface area (Å²) in [5.41, 5.74) is 0. The monoisotopic (exact) mass is 722 g/mol. The van der Waals surface area contributed by atoms with Gasteiger partial charge in [-0.05, 0) is 25.7 Å². The molecular weight excluding hydrogens is 674 g/mol. The molecule has 0 aliphatic carbocycles. The zero-order valence-electron chi connectivity index (χ0n) is 28.7. The van der Waals surface area contributed by atoms with Gasteiger partial charge in [0.25, 0.3) is 0 Å². The molecule has 278 valence electrons. The Hall–Kier alpha value is -2.64. The van der Waals surface area contributed by atoms with Gasteiger partial charge in [-0.15, -0.1) is 0 Å². The molecule has 2 saturated heterocycles. The molecule has 2 aliphatic heterocycles. The van der Waals surface area contributed by atoms with Crippen molar-refractivity contribution >= 4 is 45.4 Å². The van der Waals surface area contributed by atoms with Crippen LogP contribution in [0.15, 0.2) is 0 Å². The molecule has 20 heteroatoms. The second-order valence-corrected chi connectivity index (χ2v) is 13.0. The molecule has 2 heterocycles. The molecular formula is C29H48BN2O16P. The van der Waals surface area contributed by atoms with Crippen LogP contribution in [0.4, 0.5) is 0 Å². The number of methoxy groups -OCH3 is 1. The van der Waals surface area contributed by atoms with Crippen molar-refractivity contribution in [2.75, 3.05) is 40.6 Å². The molecule has 0 aromatic carbocycles. The predicted molar refractivity (Wildman–Crippen MR) is 168 cm³/mol. The Labute approximate surface area is 286 Å². The van der Waals surface area contributed by atoms with E-state index in [1.165, 1.54) is 21.0 Å². The van der Waals surface area contributed by atoms with Crippen molar-refractivity contribution in [3.8, 4) is 0 Å². The molecule has 2 radical (unpaired) electrons. The highest BCUT2D eigenvalue weighted by Crippen LogP contribution is 2.48. The Kier molecular flexibility index (Phi) is 18.1. The molecule has 0 aromatic rings. The van der Waals surface area contributed by atoms with Gasteiger partial charge in [-0.2, -0.15) is 0 Å². The van der Waals surface area contributed by atoms with Gasteiger partial charge in [0.05, 0.1) is 6.61 Å². The van der Waals surface area contributed by atoms with E-state index in [0.717, 1.165) is 21.0 Å². The minimum Gasteiger partial charge on any atom is -0.463 e. The van der Waals surface area contributed by atoms with E-state index in [-0.39, 0.29) is 32.1 Å². The minimum absolute atomic E-state index is 0.0686. The van der Waals surface area contributed by atoms with Gasteiger partial charge in [0.15, 0.2) is 18.5 Å². The number of amides is 2. The van der Waals surface area contributed by atoms with Crippen molar-refractivity contribution in [2.45, 2.75) is 109 Å². The largest absolute Gasteiger partial charge is 0.472 e. The van der Waals surface area contributed by atoms with Crippen molar-refractivity contribution in [1.82, 2.24) is 10.6 Å². The molecule has 2 amide bonds. The first-order chi connectivity index (χ1) is 23.1. The molecule has 2 fully saturated rings. The number of carbonyl (C=O) groups is 5.